The number of aryl methyl sites for hydroxylation is 1. The molecule has 4 heteroatoms. The molecule has 108 valence electrons. The fraction of sp³-hybridized carbons (Fsp3) is 0.500. The molecular formula is C16H24N4. The first-order chi connectivity index (χ1) is 9.69. The van der Waals surface area contributed by atoms with Gasteiger partial charge in [-0.25, -0.2) is 4.98 Å². The van der Waals surface area contributed by atoms with Crippen LogP contribution >= 0.6 is 0 Å². The third kappa shape index (κ3) is 4.17. The Labute approximate surface area is 121 Å². The van der Waals surface area contributed by atoms with Crippen molar-refractivity contribution in [2.75, 3.05) is 6.54 Å². The minimum absolute atomic E-state index is 0.677. The molecule has 2 aromatic rings. The molecule has 0 aliphatic carbocycles. The van der Waals surface area contributed by atoms with Crippen LogP contribution in [0.15, 0.2) is 30.7 Å². The summed E-state index contributed by atoms with van der Waals surface area (Å²) in [6.07, 6.45) is 6.77. The van der Waals surface area contributed by atoms with Crippen molar-refractivity contribution < 1.29 is 0 Å². The van der Waals surface area contributed by atoms with Crippen LogP contribution in [0.3, 0.4) is 0 Å². The molecule has 0 saturated heterocycles. The SMILES string of the molecule is CCc1nccn1Cc1ccc(CNCC(C)C)cn1. The van der Waals surface area contributed by atoms with E-state index in [4.69, 9.17) is 0 Å². The van der Waals surface area contributed by atoms with Gasteiger partial charge in [0.25, 0.3) is 0 Å². The van der Waals surface area contributed by atoms with E-state index in [-0.39, 0.29) is 0 Å². The summed E-state index contributed by atoms with van der Waals surface area (Å²) in [4.78, 5) is 8.87. The van der Waals surface area contributed by atoms with Gasteiger partial charge >= 0.3 is 0 Å². The Morgan fingerprint density at radius 1 is 1.25 bits per heavy atom. The monoisotopic (exact) mass is 272 g/mol. The zero-order valence-corrected chi connectivity index (χ0v) is 12.6. The quantitative estimate of drug-likeness (QED) is 0.842. The van der Waals surface area contributed by atoms with Gasteiger partial charge in [-0.2, -0.15) is 0 Å². The number of hydrogen-bond donors (Lipinski definition) is 1. The average Bonchev–Trinajstić information content (AvgIpc) is 2.87. The van der Waals surface area contributed by atoms with Crippen LogP contribution in [0, 0.1) is 5.92 Å². The van der Waals surface area contributed by atoms with Gasteiger partial charge in [-0.15, -0.1) is 0 Å². The summed E-state index contributed by atoms with van der Waals surface area (Å²) in [5.74, 6) is 1.78. The summed E-state index contributed by atoms with van der Waals surface area (Å²) in [7, 11) is 0. The van der Waals surface area contributed by atoms with Crippen LogP contribution < -0.4 is 5.32 Å². The molecule has 0 aliphatic heterocycles. The molecule has 1 N–H and O–H groups in total. The third-order valence-corrected chi connectivity index (χ3v) is 3.22. The van der Waals surface area contributed by atoms with Crippen molar-refractivity contribution in [2.45, 2.75) is 40.3 Å². The predicted molar refractivity (Wildman–Crippen MR) is 81.5 cm³/mol. The Morgan fingerprint density at radius 2 is 2.10 bits per heavy atom. The zero-order valence-electron chi connectivity index (χ0n) is 12.6. The molecule has 0 spiro atoms. The van der Waals surface area contributed by atoms with E-state index >= 15 is 0 Å². The number of nitrogens with one attached hydrogen (secondary N) is 1. The van der Waals surface area contributed by atoms with E-state index in [9.17, 15) is 0 Å². The number of aromatic nitrogens is 3. The van der Waals surface area contributed by atoms with Gasteiger partial charge in [-0.1, -0.05) is 26.8 Å². The number of hydrogen-bond acceptors (Lipinski definition) is 3. The van der Waals surface area contributed by atoms with Gasteiger partial charge < -0.3 is 9.88 Å². The van der Waals surface area contributed by atoms with E-state index in [0.717, 1.165) is 37.6 Å². The fourth-order valence-electron chi connectivity index (χ4n) is 2.13. The number of nitrogens with zero attached hydrogens (tertiary/aromatic N) is 3. The smallest absolute Gasteiger partial charge is 0.108 e. The van der Waals surface area contributed by atoms with E-state index in [0.29, 0.717) is 5.92 Å². The minimum Gasteiger partial charge on any atom is -0.329 e. The lowest BCUT2D eigenvalue weighted by molar-refractivity contribution is 0.551. The van der Waals surface area contributed by atoms with Gasteiger partial charge in [-0.3, -0.25) is 4.98 Å². The van der Waals surface area contributed by atoms with Crippen molar-refractivity contribution >= 4 is 0 Å². The second kappa shape index (κ2) is 7.20. The van der Waals surface area contributed by atoms with Gasteiger partial charge in [0.05, 0.1) is 12.2 Å². The normalized spacial score (nSPS) is 11.2. The molecule has 0 saturated carbocycles. The first-order valence-corrected chi connectivity index (χ1v) is 7.33. The van der Waals surface area contributed by atoms with Gasteiger partial charge in [0.1, 0.15) is 5.82 Å². The highest BCUT2D eigenvalue weighted by Crippen LogP contribution is 2.06. The van der Waals surface area contributed by atoms with Crippen molar-refractivity contribution in [1.29, 1.82) is 0 Å². The average molecular weight is 272 g/mol. The first kappa shape index (κ1) is 14.7. The highest BCUT2D eigenvalue weighted by atomic mass is 15.1. The van der Waals surface area contributed by atoms with Crippen LogP contribution in [0.4, 0.5) is 0 Å². The largest absolute Gasteiger partial charge is 0.329 e. The van der Waals surface area contributed by atoms with Crippen molar-refractivity contribution in [3.63, 3.8) is 0 Å². The molecule has 2 heterocycles. The summed E-state index contributed by atoms with van der Waals surface area (Å²) in [6, 6.07) is 4.25. The molecule has 0 atom stereocenters. The molecule has 0 fully saturated rings. The summed E-state index contributed by atoms with van der Waals surface area (Å²) < 4.78 is 2.15. The van der Waals surface area contributed by atoms with Crippen LogP contribution in [0.25, 0.3) is 0 Å². The molecule has 20 heavy (non-hydrogen) atoms. The zero-order chi connectivity index (χ0) is 14.4. The van der Waals surface area contributed by atoms with E-state index in [1.165, 1.54) is 5.56 Å². The van der Waals surface area contributed by atoms with Crippen molar-refractivity contribution in [3.8, 4) is 0 Å². The maximum Gasteiger partial charge on any atom is 0.108 e. The van der Waals surface area contributed by atoms with E-state index < -0.39 is 0 Å². The lowest BCUT2D eigenvalue weighted by Gasteiger charge is -2.09. The molecule has 0 amide bonds. The Balaban J connectivity index is 1.91. The molecule has 0 aromatic carbocycles. The molecule has 2 rings (SSSR count). The molecule has 2 aromatic heterocycles. The lowest BCUT2D eigenvalue weighted by atomic mass is 10.2. The van der Waals surface area contributed by atoms with Crippen LogP contribution in [0.5, 0.6) is 0 Å². The Morgan fingerprint density at radius 3 is 2.75 bits per heavy atom. The van der Waals surface area contributed by atoms with Crippen LogP contribution in [0.1, 0.15) is 37.9 Å². The number of imidazole rings is 1. The summed E-state index contributed by atoms with van der Waals surface area (Å²) in [5, 5.41) is 3.43. The Kier molecular flexibility index (Phi) is 5.30. The van der Waals surface area contributed by atoms with Gasteiger partial charge in [0.15, 0.2) is 0 Å². The predicted octanol–water partition coefficient (Wildman–Crippen LogP) is 2.63. The molecule has 0 radical (unpaired) electrons. The highest BCUT2D eigenvalue weighted by Gasteiger charge is 2.02. The van der Waals surface area contributed by atoms with E-state index in [1.807, 2.05) is 18.6 Å². The second-order valence-corrected chi connectivity index (χ2v) is 5.51. The summed E-state index contributed by atoms with van der Waals surface area (Å²) >= 11 is 0. The van der Waals surface area contributed by atoms with Gasteiger partial charge in [0.2, 0.25) is 0 Å². The maximum absolute atomic E-state index is 4.54. The maximum atomic E-state index is 4.54. The minimum atomic E-state index is 0.677. The summed E-state index contributed by atoms with van der Waals surface area (Å²) in [6.45, 7) is 9.27. The Bertz CT molecular complexity index is 514. The molecular weight excluding hydrogens is 248 g/mol. The molecule has 0 aliphatic rings. The van der Waals surface area contributed by atoms with E-state index in [2.05, 4.69) is 52.8 Å². The fourth-order valence-corrected chi connectivity index (χ4v) is 2.13. The van der Waals surface area contributed by atoms with Crippen LogP contribution in [-0.2, 0) is 19.5 Å². The lowest BCUT2D eigenvalue weighted by Crippen LogP contribution is -2.19. The first-order valence-electron chi connectivity index (χ1n) is 7.33. The van der Waals surface area contributed by atoms with Crippen LogP contribution in [0.2, 0.25) is 0 Å². The Hall–Kier alpha value is -1.68. The molecule has 4 nitrogen and oxygen atoms in total. The topological polar surface area (TPSA) is 42.7 Å². The third-order valence-electron chi connectivity index (χ3n) is 3.22. The standard InChI is InChI=1S/C16H24N4/c1-4-16-18-7-8-20(16)12-15-6-5-14(11-19-15)10-17-9-13(2)3/h5-8,11,13,17H,4,9-10,12H2,1-3H3. The van der Waals surface area contributed by atoms with Crippen molar-refractivity contribution in [3.05, 3.63) is 47.8 Å². The molecule has 0 bridgehead atoms. The second-order valence-electron chi connectivity index (χ2n) is 5.51. The van der Waals surface area contributed by atoms with Crippen LogP contribution in [-0.4, -0.2) is 21.1 Å². The summed E-state index contributed by atoms with van der Waals surface area (Å²) in [5.41, 5.74) is 2.31. The number of rotatable bonds is 7. The van der Waals surface area contributed by atoms with E-state index in [1.54, 1.807) is 0 Å². The van der Waals surface area contributed by atoms with Gasteiger partial charge in [-0.05, 0) is 24.1 Å². The highest BCUT2D eigenvalue weighted by molar-refractivity contribution is 5.14. The van der Waals surface area contributed by atoms with Crippen molar-refractivity contribution in [2.24, 2.45) is 5.92 Å². The number of pyridine rings is 1. The molecule has 0 unspecified atom stereocenters. The van der Waals surface area contributed by atoms with Crippen molar-refractivity contribution in [1.82, 2.24) is 19.9 Å². The van der Waals surface area contributed by atoms with Gasteiger partial charge in [0, 0.05) is 31.6 Å².